The Balaban J connectivity index is 2.21. The van der Waals surface area contributed by atoms with E-state index in [9.17, 15) is 0 Å². The normalized spacial score (nSPS) is 12.4. The summed E-state index contributed by atoms with van der Waals surface area (Å²) in [6, 6.07) is 11.2. The zero-order chi connectivity index (χ0) is 13.7. The van der Waals surface area contributed by atoms with Crippen LogP contribution in [-0.2, 0) is 6.42 Å². The van der Waals surface area contributed by atoms with Crippen LogP contribution in [0.5, 0.6) is 0 Å². The molecule has 1 aromatic heterocycles. The van der Waals surface area contributed by atoms with Crippen LogP contribution in [-0.4, -0.2) is 11.5 Å². The zero-order valence-corrected chi connectivity index (χ0v) is 12.0. The number of hydrogen-bond donors (Lipinski definition) is 1. The Bertz CT molecular complexity index is 500. The highest BCUT2D eigenvalue weighted by Gasteiger charge is 2.11. The minimum absolute atomic E-state index is 0.333. The fourth-order valence-electron chi connectivity index (χ4n) is 2.56. The van der Waals surface area contributed by atoms with E-state index in [0.29, 0.717) is 6.04 Å². The van der Waals surface area contributed by atoms with E-state index in [0.717, 1.165) is 13.0 Å². The molecule has 0 aliphatic carbocycles. The minimum Gasteiger partial charge on any atom is -0.310 e. The molecule has 2 heteroatoms. The maximum Gasteiger partial charge on any atom is 0.0376 e. The Morgan fingerprint density at radius 1 is 1.16 bits per heavy atom. The summed E-state index contributed by atoms with van der Waals surface area (Å²) in [7, 11) is 0. The van der Waals surface area contributed by atoms with Crippen LogP contribution >= 0.6 is 0 Å². The van der Waals surface area contributed by atoms with Crippen LogP contribution in [0.25, 0.3) is 0 Å². The largest absolute Gasteiger partial charge is 0.310 e. The summed E-state index contributed by atoms with van der Waals surface area (Å²) in [6.07, 6.45) is 4.78. The molecule has 1 N–H and O–H groups in total. The average molecular weight is 254 g/mol. The molecular weight excluding hydrogens is 232 g/mol. The van der Waals surface area contributed by atoms with Crippen molar-refractivity contribution in [2.45, 2.75) is 33.2 Å². The molecule has 0 aliphatic heterocycles. The van der Waals surface area contributed by atoms with Gasteiger partial charge in [-0.05, 0) is 44.0 Å². The first-order valence-corrected chi connectivity index (χ1v) is 6.89. The SMILES string of the molecule is CCNC(Cc1cc(C)cc(C)c1)c1cccnc1. The predicted octanol–water partition coefficient (Wildman–Crippen LogP) is 3.59. The lowest BCUT2D eigenvalue weighted by atomic mass is 9.97. The Hall–Kier alpha value is -1.67. The third-order valence-corrected chi connectivity index (χ3v) is 3.26. The number of likely N-dealkylation sites (N-methyl/N-ethyl adjacent to an activating group) is 1. The summed E-state index contributed by atoms with van der Waals surface area (Å²) in [4.78, 5) is 4.22. The Labute approximate surface area is 115 Å². The second kappa shape index (κ2) is 6.48. The molecular formula is C17H22N2. The minimum atomic E-state index is 0.333. The first-order valence-electron chi connectivity index (χ1n) is 6.89. The molecule has 100 valence electrons. The van der Waals surface area contributed by atoms with Gasteiger partial charge in [0.1, 0.15) is 0 Å². The van der Waals surface area contributed by atoms with Crippen LogP contribution in [0.2, 0.25) is 0 Å². The van der Waals surface area contributed by atoms with Crippen molar-refractivity contribution in [3.8, 4) is 0 Å². The average Bonchev–Trinajstić information content (AvgIpc) is 2.38. The van der Waals surface area contributed by atoms with Gasteiger partial charge in [0.2, 0.25) is 0 Å². The summed E-state index contributed by atoms with van der Waals surface area (Å²) in [5.74, 6) is 0. The van der Waals surface area contributed by atoms with Gasteiger partial charge in [0.15, 0.2) is 0 Å². The summed E-state index contributed by atoms with van der Waals surface area (Å²) in [5, 5.41) is 3.55. The molecule has 2 rings (SSSR count). The number of nitrogens with zero attached hydrogens (tertiary/aromatic N) is 1. The van der Waals surface area contributed by atoms with Crippen molar-refractivity contribution in [2.75, 3.05) is 6.54 Å². The maximum absolute atomic E-state index is 4.22. The number of pyridine rings is 1. The first kappa shape index (κ1) is 13.8. The lowest BCUT2D eigenvalue weighted by Crippen LogP contribution is -2.23. The molecule has 0 saturated heterocycles. The van der Waals surface area contributed by atoms with E-state index in [1.54, 1.807) is 0 Å². The number of benzene rings is 1. The lowest BCUT2D eigenvalue weighted by Gasteiger charge is -2.18. The van der Waals surface area contributed by atoms with Crippen LogP contribution in [0, 0.1) is 13.8 Å². The van der Waals surface area contributed by atoms with Crippen molar-refractivity contribution < 1.29 is 0 Å². The fraction of sp³-hybridized carbons (Fsp3) is 0.353. The van der Waals surface area contributed by atoms with E-state index in [1.165, 1.54) is 22.3 Å². The van der Waals surface area contributed by atoms with Crippen molar-refractivity contribution in [1.29, 1.82) is 0 Å². The second-order valence-electron chi connectivity index (χ2n) is 5.10. The number of aromatic nitrogens is 1. The number of rotatable bonds is 5. The summed E-state index contributed by atoms with van der Waals surface area (Å²) in [5.41, 5.74) is 5.30. The van der Waals surface area contributed by atoms with E-state index in [4.69, 9.17) is 0 Å². The Kier molecular flexibility index (Phi) is 4.69. The zero-order valence-electron chi connectivity index (χ0n) is 12.0. The van der Waals surface area contributed by atoms with Crippen molar-refractivity contribution in [1.82, 2.24) is 10.3 Å². The number of aryl methyl sites for hydroxylation is 2. The molecule has 0 aliphatic rings. The van der Waals surface area contributed by atoms with Crippen molar-refractivity contribution >= 4 is 0 Å². The molecule has 19 heavy (non-hydrogen) atoms. The number of hydrogen-bond acceptors (Lipinski definition) is 2. The van der Waals surface area contributed by atoms with Crippen molar-refractivity contribution in [3.63, 3.8) is 0 Å². The topological polar surface area (TPSA) is 24.9 Å². The van der Waals surface area contributed by atoms with Gasteiger partial charge in [-0.1, -0.05) is 42.3 Å². The van der Waals surface area contributed by atoms with E-state index in [-0.39, 0.29) is 0 Å². The molecule has 1 heterocycles. The van der Waals surface area contributed by atoms with Gasteiger partial charge in [0.25, 0.3) is 0 Å². The monoisotopic (exact) mass is 254 g/mol. The quantitative estimate of drug-likeness (QED) is 0.882. The van der Waals surface area contributed by atoms with Gasteiger partial charge >= 0.3 is 0 Å². The van der Waals surface area contributed by atoms with Gasteiger partial charge in [-0.25, -0.2) is 0 Å². The standard InChI is InChI=1S/C17H22N2/c1-4-19-17(16-6-5-7-18-12-16)11-15-9-13(2)8-14(3)10-15/h5-10,12,17,19H,4,11H2,1-3H3. The summed E-state index contributed by atoms with van der Waals surface area (Å²) >= 11 is 0. The Morgan fingerprint density at radius 2 is 1.89 bits per heavy atom. The van der Waals surface area contributed by atoms with Crippen molar-refractivity contribution in [3.05, 3.63) is 65.0 Å². The number of nitrogens with one attached hydrogen (secondary N) is 1. The maximum atomic E-state index is 4.22. The van der Waals surface area contributed by atoms with Crippen LogP contribution in [0.4, 0.5) is 0 Å². The van der Waals surface area contributed by atoms with Crippen LogP contribution in [0.3, 0.4) is 0 Å². The van der Waals surface area contributed by atoms with Gasteiger partial charge in [0.05, 0.1) is 0 Å². The van der Waals surface area contributed by atoms with Gasteiger partial charge in [-0.3, -0.25) is 4.98 Å². The molecule has 0 bridgehead atoms. The van der Waals surface area contributed by atoms with Gasteiger partial charge in [-0.2, -0.15) is 0 Å². The van der Waals surface area contributed by atoms with Crippen LogP contribution in [0.1, 0.15) is 35.2 Å². The summed E-state index contributed by atoms with van der Waals surface area (Å²) in [6.45, 7) is 7.42. The first-order chi connectivity index (χ1) is 9.19. The molecule has 1 unspecified atom stereocenters. The Morgan fingerprint density at radius 3 is 2.47 bits per heavy atom. The molecule has 0 fully saturated rings. The van der Waals surface area contributed by atoms with Crippen LogP contribution < -0.4 is 5.32 Å². The molecule has 0 radical (unpaired) electrons. The second-order valence-corrected chi connectivity index (χ2v) is 5.10. The van der Waals surface area contributed by atoms with Gasteiger partial charge in [0, 0.05) is 18.4 Å². The molecule has 0 spiro atoms. The van der Waals surface area contributed by atoms with Gasteiger partial charge < -0.3 is 5.32 Å². The highest BCUT2D eigenvalue weighted by Crippen LogP contribution is 2.19. The molecule has 0 saturated carbocycles. The predicted molar refractivity (Wildman–Crippen MR) is 80.3 cm³/mol. The highest BCUT2D eigenvalue weighted by molar-refractivity contribution is 5.30. The van der Waals surface area contributed by atoms with E-state index < -0.39 is 0 Å². The molecule has 1 atom stereocenters. The third kappa shape index (κ3) is 3.90. The highest BCUT2D eigenvalue weighted by atomic mass is 14.9. The lowest BCUT2D eigenvalue weighted by molar-refractivity contribution is 0.548. The smallest absolute Gasteiger partial charge is 0.0376 e. The fourth-order valence-corrected chi connectivity index (χ4v) is 2.56. The van der Waals surface area contributed by atoms with Crippen molar-refractivity contribution in [2.24, 2.45) is 0 Å². The van der Waals surface area contributed by atoms with E-state index in [1.807, 2.05) is 18.5 Å². The molecule has 1 aromatic carbocycles. The van der Waals surface area contributed by atoms with Gasteiger partial charge in [-0.15, -0.1) is 0 Å². The summed E-state index contributed by atoms with van der Waals surface area (Å²) < 4.78 is 0. The molecule has 2 nitrogen and oxygen atoms in total. The van der Waals surface area contributed by atoms with E-state index >= 15 is 0 Å². The van der Waals surface area contributed by atoms with E-state index in [2.05, 4.69) is 55.3 Å². The molecule has 0 amide bonds. The molecule has 2 aromatic rings. The van der Waals surface area contributed by atoms with Crippen LogP contribution in [0.15, 0.2) is 42.7 Å². The third-order valence-electron chi connectivity index (χ3n) is 3.26.